The third-order valence-corrected chi connectivity index (χ3v) is 3.04. The van der Waals surface area contributed by atoms with E-state index in [1.54, 1.807) is 12.1 Å². The first-order valence-corrected chi connectivity index (χ1v) is 5.28. The van der Waals surface area contributed by atoms with Gasteiger partial charge in [0.25, 0.3) is 0 Å². The van der Waals surface area contributed by atoms with E-state index < -0.39 is 5.97 Å². The van der Waals surface area contributed by atoms with Crippen LogP contribution in [0.3, 0.4) is 0 Å². The maximum Gasteiger partial charge on any atom is 0.330 e. The average molecular weight is 218 g/mol. The Bertz CT molecular complexity index is 448. The molecule has 1 aliphatic carbocycles. The van der Waals surface area contributed by atoms with Gasteiger partial charge in [0, 0.05) is 5.57 Å². The molecule has 1 atom stereocenters. The summed E-state index contributed by atoms with van der Waals surface area (Å²) in [6, 6.07) is 5.35. The molecule has 0 aliphatic heterocycles. The number of phenols is 1. The maximum atomic E-state index is 10.7. The minimum Gasteiger partial charge on any atom is -0.508 e. The molecule has 1 unspecified atom stereocenters. The largest absolute Gasteiger partial charge is 0.508 e. The zero-order valence-electron chi connectivity index (χ0n) is 8.94. The van der Waals surface area contributed by atoms with Gasteiger partial charge in [0.2, 0.25) is 0 Å². The highest BCUT2D eigenvalue weighted by Gasteiger charge is 2.23. The van der Waals surface area contributed by atoms with Crippen molar-refractivity contribution < 1.29 is 15.0 Å². The van der Waals surface area contributed by atoms with Crippen LogP contribution < -0.4 is 0 Å². The lowest BCUT2D eigenvalue weighted by Crippen LogP contribution is -2.07. The number of carbonyl (C=O) groups is 1. The second-order valence-electron chi connectivity index (χ2n) is 4.34. The molecule has 84 valence electrons. The van der Waals surface area contributed by atoms with Crippen LogP contribution in [0.5, 0.6) is 5.75 Å². The summed E-state index contributed by atoms with van der Waals surface area (Å²) in [4.78, 5) is 10.7. The van der Waals surface area contributed by atoms with Crippen molar-refractivity contribution in [1.82, 2.24) is 0 Å². The highest BCUT2D eigenvalue weighted by atomic mass is 16.4. The van der Waals surface area contributed by atoms with Crippen LogP contribution in [0.25, 0.3) is 0 Å². The van der Waals surface area contributed by atoms with Crippen LogP contribution in [-0.4, -0.2) is 16.2 Å². The van der Waals surface area contributed by atoms with Gasteiger partial charge in [-0.05, 0) is 48.4 Å². The van der Waals surface area contributed by atoms with Crippen molar-refractivity contribution in [3.63, 3.8) is 0 Å². The number of benzene rings is 1. The minimum absolute atomic E-state index is 0.266. The maximum absolute atomic E-state index is 10.7. The number of aromatic hydroxyl groups is 1. The van der Waals surface area contributed by atoms with E-state index in [0.29, 0.717) is 12.3 Å². The third kappa shape index (κ3) is 2.08. The first kappa shape index (κ1) is 10.7. The summed E-state index contributed by atoms with van der Waals surface area (Å²) < 4.78 is 0. The molecule has 0 spiro atoms. The number of rotatable bonds is 3. The predicted molar refractivity (Wildman–Crippen MR) is 60.4 cm³/mol. The average Bonchev–Trinajstić information content (AvgIpc) is 2.58. The Balaban J connectivity index is 2.06. The molecule has 1 aromatic carbocycles. The Morgan fingerprint density at radius 2 is 2.06 bits per heavy atom. The quantitative estimate of drug-likeness (QED) is 0.764. The van der Waals surface area contributed by atoms with E-state index in [-0.39, 0.29) is 11.3 Å². The molecule has 1 aliphatic rings. The number of carboxylic acid groups (broad SMARTS) is 1. The normalized spacial score (nSPS) is 18.1. The van der Waals surface area contributed by atoms with Gasteiger partial charge < -0.3 is 10.2 Å². The van der Waals surface area contributed by atoms with Crippen molar-refractivity contribution in [2.24, 2.45) is 5.92 Å². The topological polar surface area (TPSA) is 57.5 Å². The number of phenolic OH excluding ortho intramolecular Hbond substituents is 1. The monoisotopic (exact) mass is 218 g/mol. The van der Waals surface area contributed by atoms with Gasteiger partial charge in [-0.1, -0.05) is 12.6 Å². The van der Waals surface area contributed by atoms with E-state index in [9.17, 15) is 9.90 Å². The standard InChI is InChI=1S/C13H14O3/c1-8(13(15)16)4-9-5-10-2-3-12(14)7-11(10)6-9/h2-3,7,9,14H,1,4-6H2,(H,15,16). The lowest BCUT2D eigenvalue weighted by atomic mass is 9.97. The molecule has 0 saturated carbocycles. The fraction of sp³-hybridized carbons (Fsp3) is 0.308. The van der Waals surface area contributed by atoms with Crippen molar-refractivity contribution in [1.29, 1.82) is 0 Å². The highest BCUT2D eigenvalue weighted by molar-refractivity contribution is 5.85. The first-order chi connectivity index (χ1) is 7.56. The zero-order valence-corrected chi connectivity index (χ0v) is 8.94. The summed E-state index contributed by atoms with van der Waals surface area (Å²) in [5.41, 5.74) is 2.60. The number of hydrogen-bond acceptors (Lipinski definition) is 2. The smallest absolute Gasteiger partial charge is 0.330 e. The molecule has 1 aromatic rings. The molecule has 0 aromatic heterocycles. The Labute approximate surface area is 94.0 Å². The Morgan fingerprint density at radius 3 is 2.75 bits per heavy atom. The van der Waals surface area contributed by atoms with Crippen LogP contribution in [0.2, 0.25) is 0 Å². The van der Waals surface area contributed by atoms with Crippen molar-refractivity contribution in [3.8, 4) is 5.75 Å². The van der Waals surface area contributed by atoms with Gasteiger partial charge in [-0.3, -0.25) is 0 Å². The summed E-state index contributed by atoms with van der Waals surface area (Å²) in [6.07, 6.45) is 2.22. The summed E-state index contributed by atoms with van der Waals surface area (Å²) in [5.74, 6) is -0.337. The summed E-state index contributed by atoms with van der Waals surface area (Å²) in [5, 5.41) is 18.1. The van der Waals surface area contributed by atoms with Crippen molar-refractivity contribution in [2.75, 3.05) is 0 Å². The molecule has 0 radical (unpaired) electrons. The molecule has 3 nitrogen and oxygen atoms in total. The van der Waals surface area contributed by atoms with Crippen LogP contribution in [0, 0.1) is 5.92 Å². The van der Waals surface area contributed by atoms with E-state index >= 15 is 0 Å². The molecule has 2 N–H and O–H groups in total. The number of fused-ring (bicyclic) bond motifs is 1. The fourth-order valence-corrected chi connectivity index (χ4v) is 2.28. The number of hydrogen-bond donors (Lipinski definition) is 2. The van der Waals surface area contributed by atoms with E-state index in [1.165, 1.54) is 5.56 Å². The third-order valence-electron chi connectivity index (χ3n) is 3.04. The zero-order chi connectivity index (χ0) is 11.7. The molecule has 0 fully saturated rings. The molecule has 0 bridgehead atoms. The van der Waals surface area contributed by atoms with Gasteiger partial charge in [-0.15, -0.1) is 0 Å². The Kier molecular flexibility index (Phi) is 2.69. The number of carboxylic acids is 1. The second-order valence-corrected chi connectivity index (χ2v) is 4.34. The first-order valence-electron chi connectivity index (χ1n) is 5.28. The highest BCUT2D eigenvalue weighted by Crippen LogP contribution is 2.32. The van der Waals surface area contributed by atoms with Gasteiger partial charge in [0.15, 0.2) is 0 Å². The summed E-state index contributed by atoms with van der Waals surface area (Å²) in [7, 11) is 0. The SMILES string of the molecule is C=C(CC1Cc2ccc(O)cc2C1)C(=O)O. The van der Waals surface area contributed by atoms with E-state index in [4.69, 9.17) is 5.11 Å². The van der Waals surface area contributed by atoms with Gasteiger partial charge in [0.05, 0.1) is 0 Å². The molecule has 0 heterocycles. The summed E-state index contributed by atoms with van der Waals surface area (Å²) >= 11 is 0. The van der Waals surface area contributed by atoms with Crippen LogP contribution in [0.1, 0.15) is 17.5 Å². The van der Waals surface area contributed by atoms with Crippen LogP contribution >= 0.6 is 0 Å². The molecule has 3 heteroatoms. The molecule has 2 rings (SSSR count). The second kappa shape index (κ2) is 4.00. The number of aliphatic carboxylic acids is 1. The van der Waals surface area contributed by atoms with Crippen molar-refractivity contribution >= 4 is 5.97 Å². The van der Waals surface area contributed by atoms with Crippen molar-refractivity contribution in [2.45, 2.75) is 19.3 Å². The van der Waals surface area contributed by atoms with E-state index in [0.717, 1.165) is 18.4 Å². The minimum atomic E-state index is -0.918. The van der Waals surface area contributed by atoms with Gasteiger partial charge in [0.1, 0.15) is 5.75 Å². The molecule has 0 amide bonds. The molecule has 0 saturated heterocycles. The van der Waals surface area contributed by atoms with Gasteiger partial charge in [-0.2, -0.15) is 0 Å². The Morgan fingerprint density at radius 1 is 1.38 bits per heavy atom. The van der Waals surface area contributed by atoms with E-state index in [1.807, 2.05) is 6.07 Å². The van der Waals surface area contributed by atoms with Gasteiger partial charge in [-0.25, -0.2) is 4.79 Å². The van der Waals surface area contributed by atoms with Crippen LogP contribution in [-0.2, 0) is 17.6 Å². The molecular formula is C13H14O3. The van der Waals surface area contributed by atoms with Gasteiger partial charge >= 0.3 is 5.97 Å². The Hall–Kier alpha value is -1.77. The summed E-state index contributed by atoms with van der Waals surface area (Å²) in [6.45, 7) is 3.55. The lowest BCUT2D eigenvalue weighted by molar-refractivity contribution is -0.132. The van der Waals surface area contributed by atoms with E-state index in [2.05, 4.69) is 6.58 Å². The van der Waals surface area contributed by atoms with Crippen LogP contribution in [0.4, 0.5) is 0 Å². The van der Waals surface area contributed by atoms with Crippen molar-refractivity contribution in [3.05, 3.63) is 41.5 Å². The predicted octanol–water partition coefficient (Wildman–Crippen LogP) is 2.14. The lowest BCUT2D eigenvalue weighted by Gasteiger charge is -2.07. The molecule has 16 heavy (non-hydrogen) atoms. The van der Waals surface area contributed by atoms with Crippen LogP contribution in [0.15, 0.2) is 30.4 Å². The molecular weight excluding hydrogens is 204 g/mol. The fourth-order valence-electron chi connectivity index (χ4n) is 2.28.